The Balaban J connectivity index is 2.17. The standard InChI is InChI=1S/C16H19N3O2/c1-12-14(10-17)13-6-3-4-7-15(13)19(12)11-16(20)18-8-5-9-21-2/h3-4,6-7H,5,8-9,11H2,1-2H3,(H,18,20). The summed E-state index contributed by atoms with van der Waals surface area (Å²) < 4.78 is 6.83. The monoisotopic (exact) mass is 285 g/mol. The quantitative estimate of drug-likeness (QED) is 0.825. The molecule has 0 spiro atoms. The molecule has 0 saturated carbocycles. The van der Waals surface area contributed by atoms with E-state index in [9.17, 15) is 10.1 Å². The fourth-order valence-corrected chi connectivity index (χ4v) is 2.42. The first kappa shape index (κ1) is 15.1. The number of nitrogens with one attached hydrogen (secondary N) is 1. The molecular weight excluding hydrogens is 266 g/mol. The molecule has 1 aromatic carbocycles. The Hall–Kier alpha value is -2.32. The summed E-state index contributed by atoms with van der Waals surface area (Å²) in [5.74, 6) is -0.0561. The predicted molar refractivity (Wildman–Crippen MR) is 80.9 cm³/mol. The van der Waals surface area contributed by atoms with Gasteiger partial charge in [-0.3, -0.25) is 4.79 Å². The van der Waals surface area contributed by atoms with E-state index in [1.54, 1.807) is 7.11 Å². The number of carbonyl (C=O) groups excluding carboxylic acids is 1. The molecule has 110 valence electrons. The molecule has 0 atom stereocenters. The summed E-state index contributed by atoms with van der Waals surface area (Å²) in [7, 11) is 1.64. The molecule has 0 aliphatic carbocycles. The Morgan fingerprint density at radius 2 is 2.19 bits per heavy atom. The van der Waals surface area contributed by atoms with Crippen molar-refractivity contribution in [3.8, 4) is 6.07 Å². The van der Waals surface area contributed by atoms with Crippen LogP contribution in [0.15, 0.2) is 24.3 Å². The Bertz CT molecular complexity index is 683. The van der Waals surface area contributed by atoms with E-state index in [0.717, 1.165) is 23.0 Å². The minimum absolute atomic E-state index is 0.0561. The van der Waals surface area contributed by atoms with Crippen LogP contribution in [0.1, 0.15) is 17.7 Å². The van der Waals surface area contributed by atoms with E-state index in [1.165, 1.54) is 0 Å². The fourth-order valence-electron chi connectivity index (χ4n) is 2.42. The summed E-state index contributed by atoms with van der Waals surface area (Å²) in [6.07, 6.45) is 0.789. The Kier molecular flexibility index (Phi) is 4.96. The second-order valence-electron chi connectivity index (χ2n) is 4.87. The van der Waals surface area contributed by atoms with Gasteiger partial charge in [-0.2, -0.15) is 5.26 Å². The van der Waals surface area contributed by atoms with Gasteiger partial charge in [0.1, 0.15) is 12.6 Å². The molecular formula is C16H19N3O2. The number of ether oxygens (including phenoxy) is 1. The maximum absolute atomic E-state index is 12.0. The van der Waals surface area contributed by atoms with E-state index in [0.29, 0.717) is 18.7 Å². The maximum Gasteiger partial charge on any atom is 0.239 e. The topological polar surface area (TPSA) is 67.0 Å². The number of amides is 1. The second-order valence-corrected chi connectivity index (χ2v) is 4.87. The van der Waals surface area contributed by atoms with Crippen molar-refractivity contribution in [3.05, 3.63) is 35.5 Å². The van der Waals surface area contributed by atoms with Crippen molar-refractivity contribution in [2.45, 2.75) is 19.9 Å². The molecule has 21 heavy (non-hydrogen) atoms. The van der Waals surface area contributed by atoms with E-state index >= 15 is 0 Å². The molecule has 0 bridgehead atoms. The lowest BCUT2D eigenvalue weighted by Gasteiger charge is -2.09. The Morgan fingerprint density at radius 1 is 1.43 bits per heavy atom. The van der Waals surface area contributed by atoms with Crippen molar-refractivity contribution in [2.75, 3.05) is 20.3 Å². The predicted octanol–water partition coefficient (Wildman–Crippen LogP) is 1.97. The van der Waals surface area contributed by atoms with Gasteiger partial charge < -0.3 is 14.6 Å². The van der Waals surface area contributed by atoms with Crippen LogP contribution in [0.2, 0.25) is 0 Å². The van der Waals surface area contributed by atoms with Gasteiger partial charge in [-0.05, 0) is 19.4 Å². The number of carbonyl (C=O) groups is 1. The molecule has 0 aliphatic heterocycles. The first-order chi connectivity index (χ1) is 10.2. The van der Waals surface area contributed by atoms with Crippen LogP contribution in [0.3, 0.4) is 0 Å². The van der Waals surface area contributed by atoms with Crippen molar-refractivity contribution in [1.29, 1.82) is 5.26 Å². The molecule has 0 aliphatic rings. The number of para-hydroxylation sites is 1. The lowest BCUT2D eigenvalue weighted by atomic mass is 10.1. The van der Waals surface area contributed by atoms with Gasteiger partial charge in [0.15, 0.2) is 0 Å². The Labute approximate surface area is 124 Å². The zero-order chi connectivity index (χ0) is 15.2. The average Bonchev–Trinajstić information content (AvgIpc) is 2.76. The van der Waals surface area contributed by atoms with Crippen molar-refractivity contribution in [3.63, 3.8) is 0 Å². The molecule has 0 radical (unpaired) electrons. The molecule has 0 saturated heterocycles. The Morgan fingerprint density at radius 3 is 2.90 bits per heavy atom. The van der Waals surface area contributed by atoms with E-state index in [4.69, 9.17) is 4.74 Å². The summed E-state index contributed by atoms with van der Waals surface area (Å²) in [5, 5.41) is 13.0. The number of aromatic nitrogens is 1. The van der Waals surface area contributed by atoms with Crippen LogP contribution in [0.5, 0.6) is 0 Å². The van der Waals surface area contributed by atoms with E-state index < -0.39 is 0 Å². The molecule has 0 fully saturated rings. The van der Waals surface area contributed by atoms with Crippen molar-refractivity contribution < 1.29 is 9.53 Å². The van der Waals surface area contributed by atoms with Gasteiger partial charge in [0.2, 0.25) is 5.91 Å². The number of methoxy groups -OCH3 is 1. The van der Waals surface area contributed by atoms with Crippen LogP contribution < -0.4 is 5.32 Å². The summed E-state index contributed by atoms with van der Waals surface area (Å²) in [4.78, 5) is 12.0. The summed E-state index contributed by atoms with van der Waals surface area (Å²) >= 11 is 0. The smallest absolute Gasteiger partial charge is 0.239 e. The molecule has 1 amide bonds. The molecule has 1 heterocycles. The van der Waals surface area contributed by atoms with Crippen LogP contribution in [-0.4, -0.2) is 30.7 Å². The third-order valence-electron chi connectivity index (χ3n) is 3.49. The van der Waals surface area contributed by atoms with Gasteiger partial charge in [-0.25, -0.2) is 0 Å². The minimum atomic E-state index is -0.0561. The highest BCUT2D eigenvalue weighted by Crippen LogP contribution is 2.24. The van der Waals surface area contributed by atoms with Gasteiger partial charge in [0.25, 0.3) is 0 Å². The third-order valence-corrected chi connectivity index (χ3v) is 3.49. The van der Waals surface area contributed by atoms with Crippen molar-refractivity contribution >= 4 is 16.8 Å². The molecule has 0 unspecified atom stereocenters. The van der Waals surface area contributed by atoms with Crippen LogP contribution in [0.4, 0.5) is 0 Å². The SMILES string of the molecule is COCCCNC(=O)Cn1c(C)c(C#N)c2ccccc21. The second kappa shape index (κ2) is 6.91. The molecule has 1 N–H and O–H groups in total. The molecule has 2 rings (SSSR count). The number of rotatable bonds is 6. The van der Waals surface area contributed by atoms with Gasteiger partial charge in [0.05, 0.1) is 11.1 Å². The number of benzene rings is 1. The van der Waals surface area contributed by atoms with Crippen LogP contribution in [0, 0.1) is 18.3 Å². The van der Waals surface area contributed by atoms with Crippen molar-refractivity contribution in [1.82, 2.24) is 9.88 Å². The lowest BCUT2D eigenvalue weighted by molar-refractivity contribution is -0.121. The van der Waals surface area contributed by atoms with Gasteiger partial charge in [0, 0.05) is 31.3 Å². The van der Waals surface area contributed by atoms with E-state index in [2.05, 4.69) is 11.4 Å². The average molecular weight is 285 g/mol. The first-order valence-corrected chi connectivity index (χ1v) is 6.92. The summed E-state index contributed by atoms with van der Waals surface area (Å²) in [6, 6.07) is 9.88. The lowest BCUT2D eigenvalue weighted by Crippen LogP contribution is -2.29. The van der Waals surface area contributed by atoms with Crippen LogP contribution in [0.25, 0.3) is 10.9 Å². The highest BCUT2D eigenvalue weighted by atomic mass is 16.5. The largest absolute Gasteiger partial charge is 0.385 e. The summed E-state index contributed by atoms with van der Waals surface area (Å²) in [6.45, 7) is 3.32. The first-order valence-electron chi connectivity index (χ1n) is 6.92. The number of hydrogen-bond donors (Lipinski definition) is 1. The van der Waals surface area contributed by atoms with Crippen LogP contribution in [-0.2, 0) is 16.1 Å². The van der Waals surface area contributed by atoms with E-state index in [-0.39, 0.29) is 12.5 Å². The highest BCUT2D eigenvalue weighted by molar-refractivity contribution is 5.89. The zero-order valence-corrected chi connectivity index (χ0v) is 12.3. The van der Waals surface area contributed by atoms with Crippen molar-refractivity contribution in [2.24, 2.45) is 0 Å². The molecule has 2 aromatic rings. The highest BCUT2D eigenvalue weighted by Gasteiger charge is 2.15. The number of nitrogens with zero attached hydrogens (tertiary/aromatic N) is 2. The number of hydrogen-bond acceptors (Lipinski definition) is 3. The third kappa shape index (κ3) is 3.23. The maximum atomic E-state index is 12.0. The van der Waals surface area contributed by atoms with Gasteiger partial charge in [-0.1, -0.05) is 18.2 Å². The van der Waals surface area contributed by atoms with E-state index in [1.807, 2.05) is 35.8 Å². The van der Waals surface area contributed by atoms with Gasteiger partial charge >= 0.3 is 0 Å². The van der Waals surface area contributed by atoms with Crippen LogP contribution >= 0.6 is 0 Å². The number of fused-ring (bicyclic) bond motifs is 1. The van der Waals surface area contributed by atoms with Gasteiger partial charge in [-0.15, -0.1) is 0 Å². The zero-order valence-electron chi connectivity index (χ0n) is 12.3. The number of nitriles is 1. The normalized spacial score (nSPS) is 10.5. The fraction of sp³-hybridized carbons (Fsp3) is 0.375. The minimum Gasteiger partial charge on any atom is -0.385 e. The molecule has 1 aromatic heterocycles. The summed E-state index contributed by atoms with van der Waals surface area (Å²) in [5.41, 5.74) is 2.38. The molecule has 5 nitrogen and oxygen atoms in total. The molecule has 5 heteroatoms.